The second-order valence-corrected chi connectivity index (χ2v) is 5.69. The number of nitrogens with zero attached hydrogens (tertiary/aromatic N) is 4. The first-order chi connectivity index (χ1) is 11.1. The quantitative estimate of drug-likeness (QED) is 0.707. The number of hydrogen-bond donors (Lipinski definition) is 0. The van der Waals surface area contributed by atoms with Gasteiger partial charge in [0.1, 0.15) is 18.2 Å². The smallest absolute Gasteiger partial charge is 0.247 e. The molecule has 3 aromatic heterocycles. The lowest BCUT2D eigenvalue weighted by atomic mass is 10.1. The third-order valence-electron chi connectivity index (χ3n) is 3.70. The molecule has 6 nitrogen and oxygen atoms in total. The summed E-state index contributed by atoms with van der Waals surface area (Å²) in [5.41, 5.74) is 4.11. The van der Waals surface area contributed by atoms with E-state index in [4.69, 9.17) is 8.83 Å². The van der Waals surface area contributed by atoms with Crippen LogP contribution >= 0.6 is 0 Å². The van der Waals surface area contributed by atoms with Crippen molar-refractivity contribution in [2.24, 2.45) is 0 Å². The van der Waals surface area contributed by atoms with Crippen molar-refractivity contribution in [3.8, 4) is 23.2 Å². The summed E-state index contributed by atoms with van der Waals surface area (Å²) >= 11 is 0. The van der Waals surface area contributed by atoms with Crippen molar-refractivity contribution in [1.82, 2.24) is 20.2 Å². The van der Waals surface area contributed by atoms with Crippen LogP contribution in [0.15, 0.2) is 27.4 Å². The molecule has 3 aromatic rings. The Balaban J connectivity index is 1.98. The van der Waals surface area contributed by atoms with Gasteiger partial charge >= 0.3 is 0 Å². The van der Waals surface area contributed by atoms with Crippen LogP contribution in [0.5, 0.6) is 0 Å². The Morgan fingerprint density at radius 2 is 1.74 bits per heavy atom. The molecule has 3 heterocycles. The highest BCUT2D eigenvalue weighted by molar-refractivity contribution is 5.58. The Kier molecular flexibility index (Phi) is 4.23. The molecule has 0 aliphatic rings. The van der Waals surface area contributed by atoms with E-state index in [9.17, 15) is 0 Å². The lowest BCUT2D eigenvalue weighted by Gasteiger charge is -2.03. The molecular weight excluding hydrogens is 292 g/mol. The molecular formula is C17H20N4O2. The zero-order valence-corrected chi connectivity index (χ0v) is 13.8. The van der Waals surface area contributed by atoms with E-state index in [2.05, 4.69) is 40.9 Å². The molecule has 0 radical (unpaired) electrons. The Bertz CT molecular complexity index is 805. The van der Waals surface area contributed by atoms with Crippen LogP contribution < -0.4 is 0 Å². The van der Waals surface area contributed by atoms with E-state index in [1.54, 1.807) is 12.5 Å². The van der Waals surface area contributed by atoms with Crippen molar-refractivity contribution >= 4 is 0 Å². The first-order valence-corrected chi connectivity index (χ1v) is 7.89. The van der Waals surface area contributed by atoms with Crippen LogP contribution in [-0.4, -0.2) is 20.2 Å². The van der Waals surface area contributed by atoms with Gasteiger partial charge in [-0.15, -0.1) is 10.2 Å². The van der Waals surface area contributed by atoms with Crippen molar-refractivity contribution in [1.29, 1.82) is 0 Å². The predicted molar refractivity (Wildman–Crippen MR) is 85.9 cm³/mol. The second-order valence-electron chi connectivity index (χ2n) is 5.69. The lowest BCUT2D eigenvalue weighted by molar-refractivity contribution is 0.563. The van der Waals surface area contributed by atoms with Gasteiger partial charge < -0.3 is 8.83 Å². The molecule has 0 unspecified atom stereocenters. The zero-order chi connectivity index (χ0) is 16.4. The first-order valence-electron chi connectivity index (χ1n) is 7.89. The van der Waals surface area contributed by atoms with Crippen LogP contribution in [0.1, 0.15) is 50.6 Å². The molecule has 6 heteroatoms. The Morgan fingerprint density at radius 1 is 0.957 bits per heavy atom. The fraction of sp³-hybridized carbons (Fsp3) is 0.412. The summed E-state index contributed by atoms with van der Waals surface area (Å²) in [6.45, 7) is 8.23. The SMILES string of the molecule is CCc1coc(-c2nnc(-c3nc(C(C)C)co3)cc2CC)n1. The molecule has 0 atom stereocenters. The minimum Gasteiger partial charge on any atom is -0.443 e. The highest BCUT2D eigenvalue weighted by atomic mass is 16.3. The summed E-state index contributed by atoms with van der Waals surface area (Å²) in [6, 6.07) is 1.94. The molecule has 0 spiro atoms. The van der Waals surface area contributed by atoms with Crippen LogP contribution in [0.3, 0.4) is 0 Å². The third kappa shape index (κ3) is 3.02. The number of rotatable bonds is 5. The number of aryl methyl sites for hydroxylation is 2. The Morgan fingerprint density at radius 3 is 2.35 bits per heavy atom. The highest BCUT2D eigenvalue weighted by Gasteiger charge is 2.17. The van der Waals surface area contributed by atoms with Gasteiger partial charge in [0, 0.05) is 0 Å². The van der Waals surface area contributed by atoms with Crippen molar-refractivity contribution < 1.29 is 8.83 Å². The van der Waals surface area contributed by atoms with Crippen molar-refractivity contribution in [2.45, 2.75) is 46.5 Å². The summed E-state index contributed by atoms with van der Waals surface area (Å²) in [5, 5.41) is 8.53. The van der Waals surface area contributed by atoms with Crippen molar-refractivity contribution in [2.75, 3.05) is 0 Å². The topological polar surface area (TPSA) is 77.8 Å². The lowest BCUT2D eigenvalue weighted by Crippen LogP contribution is -1.98. The van der Waals surface area contributed by atoms with Gasteiger partial charge in [-0.25, -0.2) is 9.97 Å². The van der Waals surface area contributed by atoms with Crippen LogP contribution in [0, 0.1) is 0 Å². The van der Waals surface area contributed by atoms with E-state index in [0.717, 1.165) is 29.8 Å². The molecule has 0 aromatic carbocycles. The van der Waals surface area contributed by atoms with Gasteiger partial charge in [0.15, 0.2) is 5.69 Å². The van der Waals surface area contributed by atoms with E-state index in [0.29, 0.717) is 29.1 Å². The summed E-state index contributed by atoms with van der Waals surface area (Å²) in [6.07, 6.45) is 4.94. The largest absolute Gasteiger partial charge is 0.443 e. The molecule has 3 rings (SSSR count). The predicted octanol–water partition coefficient (Wildman–Crippen LogP) is 4.03. The molecule has 23 heavy (non-hydrogen) atoms. The molecule has 0 fully saturated rings. The van der Waals surface area contributed by atoms with E-state index >= 15 is 0 Å². The van der Waals surface area contributed by atoms with Crippen LogP contribution in [0.2, 0.25) is 0 Å². The number of aromatic nitrogens is 4. The van der Waals surface area contributed by atoms with Crippen LogP contribution in [0.4, 0.5) is 0 Å². The van der Waals surface area contributed by atoms with Gasteiger partial charge in [-0.2, -0.15) is 0 Å². The summed E-state index contributed by atoms with van der Waals surface area (Å²) in [4.78, 5) is 8.90. The maximum Gasteiger partial charge on any atom is 0.247 e. The zero-order valence-electron chi connectivity index (χ0n) is 13.8. The third-order valence-corrected chi connectivity index (χ3v) is 3.70. The number of oxazole rings is 2. The first kappa shape index (κ1) is 15.4. The Hall–Kier alpha value is -2.50. The summed E-state index contributed by atoms with van der Waals surface area (Å²) in [7, 11) is 0. The fourth-order valence-electron chi connectivity index (χ4n) is 2.23. The van der Waals surface area contributed by atoms with Gasteiger partial charge in [-0.05, 0) is 30.4 Å². The van der Waals surface area contributed by atoms with Gasteiger partial charge in [-0.3, -0.25) is 0 Å². The molecule has 0 bridgehead atoms. The molecule has 0 saturated carbocycles. The maximum atomic E-state index is 5.53. The molecule has 0 aliphatic heterocycles. The molecule has 0 aliphatic carbocycles. The second kappa shape index (κ2) is 6.32. The fourth-order valence-corrected chi connectivity index (χ4v) is 2.23. The van der Waals surface area contributed by atoms with E-state index in [1.165, 1.54) is 0 Å². The van der Waals surface area contributed by atoms with Gasteiger partial charge in [0.2, 0.25) is 11.8 Å². The van der Waals surface area contributed by atoms with Gasteiger partial charge in [-0.1, -0.05) is 27.7 Å². The maximum absolute atomic E-state index is 5.53. The minimum atomic E-state index is 0.310. The van der Waals surface area contributed by atoms with Gasteiger partial charge in [0.05, 0.1) is 11.4 Å². The van der Waals surface area contributed by atoms with Crippen LogP contribution in [-0.2, 0) is 12.8 Å². The summed E-state index contributed by atoms with van der Waals surface area (Å²) in [5.74, 6) is 1.31. The molecule has 120 valence electrons. The average Bonchev–Trinajstić information content (AvgIpc) is 3.23. The van der Waals surface area contributed by atoms with E-state index in [1.807, 2.05) is 13.0 Å². The molecule has 0 amide bonds. The van der Waals surface area contributed by atoms with E-state index < -0.39 is 0 Å². The van der Waals surface area contributed by atoms with Gasteiger partial charge in [0.25, 0.3) is 0 Å². The highest BCUT2D eigenvalue weighted by Crippen LogP contribution is 2.26. The Labute approximate surface area is 135 Å². The monoisotopic (exact) mass is 312 g/mol. The minimum absolute atomic E-state index is 0.310. The van der Waals surface area contributed by atoms with Crippen molar-refractivity contribution in [3.63, 3.8) is 0 Å². The van der Waals surface area contributed by atoms with Crippen molar-refractivity contribution in [3.05, 3.63) is 35.5 Å². The molecule has 0 saturated heterocycles. The normalized spacial score (nSPS) is 11.3. The standard InChI is InChI=1S/C17H20N4O2/c1-5-11-7-13(16-19-14(9-23-16)10(3)4)20-21-15(11)17-18-12(6-2)8-22-17/h7-10H,5-6H2,1-4H3. The average molecular weight is 312 g/mol. The molecule has 0 N–H and O–H groups in total. The number of hydrogen-bond acceptors (Lipinski definition) is 6. The summed E-state index contributed by atoms with van der Waals surface area (Å²) < 4.78 is 11.0. The van der Waals surface area contributed by atoms with Crippen LogP contribution in [0.25, 0.3) is 23.2 Å². The van der Waals surface area contributed by atoms with E-state index in [-0.39, 0.29) is 0 Å².